The normalized spacial score (nSPS) is 28.5. The zero-order valence-electron chi connectivity index (χ0n) is 17.8. The van der Waals surface area contributed by atoms with Gasteiger partial charge in [-0.25, -0.2) is 0 Å². The maximum absolute atomic E-state index is 12.9. The van der Waals surface area contributed by atoms with E-state index in [4.69, 9.17) is 4.74 Å². The van der Waals surface area contributed by atoms with Crippen molar-refractivity contribution in [3.05, 3.63) is 23.8 Å². The number of methoxy groups -OCH3 is 1. The molecule has 0 aromatic heterocycles. The molecule has 0 radical (unpaired) electrons. The molecule has 1 aromatic carbocycles. The molecule has 4 fully saturated rings. The molecule has 0 atom stereocenters. The highest BCUT2D eigenvalue weighted by molar-refractivity contribution is 5.84. The van der Waals surface area contributed by atoms with Gasteiger partial charge in [-0.15, -0.1) is 0 Å². The van der Waals surface area contributed by atoms with Crippen LogP contribution in [0.2, 0.25) is 0 Å². The molecule has 4 aliphatic rings. The largest absolute Gasteiger partial charge is 0.493 e. The number of carbonyl (C=O) groups is 2. The average molecular weight is 436 g/mol. The number of ether oxygens (including phenoxy) is 2. The Morgan fingerprint density at radius 1 is 1.06 bits per heavy atom. The van der Waals surface area contributed by atoms with Crippen molar-refractivity contribution < 1.29 is 27.8 Å². The van der Waals surface area contributed by atoms with Gasteiger partial charge in [-0.3, -0.25) is 9.59 Å². The quantitative estimate of drug-likeness (QED) is 0.620. The van der Waals surface area contributed by atoms with Gasteiger partial charge in [-0.05, 0) is 74.0 Å². The third-order valence-electron chi connectivity index (χ3n) is 7.09. The Morgan fingerprint density at radius 2 is 1.71 bits per heavy atom. The zero-order valence-corrected chi connectivity index (χ0v) is 17.8. The third-order valence-corrected chi connectivity index (χ3v) is 7.09. The van der Waals surface area contributed by atoms with Crippen LogP contribution in [-0.4, -0.2) is 32.1 Å². The molecule has 4 saturated carbocycles. The molecule has 31 heavy (non-hydrogen) atoms. The summed E-state index contributed by atoms with van der Waals surface area (Å²) >= 11 is 0. The number of rotatable bonds is 9. The topological polar surface area (TPSA) is 76.7 Å². The summed E-state index contributed by atoms with van der Waals surface area (Å²) in [5, 5.41) is 5.75. The molecular formula is C23H30F2N2O4. The molecule has 2 amide bonds. The van der Waals surface area contributed by atoms with E-state index < -0.39 is 6.61 Å². The van der Waals surface area contributed by atoms with Crippen LogP contribution in [0.5, 0.6) is 11.5 Å². The van der Waals surface area contributed by atoms with Crippen LogP contribution in [0.1, 0.15) is 50.5 Å². The molecule has 4 aliphatic carbocycles. The summed E-state index contributed by atoms with van der Waals surface area (Å²) in [6, 6.07) is 4.61. The summed E-state index contributed by atoms with van der Waals surface area (Å²) in [5.74, 6) is 2.12. The lowest BCUT2D eigenvalue weighted by Gasteiger charge is -2.55. The minimum absolute atomic E-state index is 0.0768. The fourth-order valence-electron chi connectivity index (χ4n) is 6.17. The maximum atomic E-state index is 12.9. The van der Waals surface area contributed by atoms with Gasteiger partial charge in [0.25, 0.3) is 0 Å². The molecule has 0 saturated heterocycles. The van der Waals surface area contributed by atoms with Gasteiger partial charge in [-0.2, -0.15) is 8.78 Å². The fourth-order valence-corrected chi connectivity index (χ4v) is 6.17. The second-order valence-electron chi connectivity index (χ2n) is 9.34. The molecular weight excluding hydrogens is 406 g/mol. The van der Waals surface area contributed by atoms with Gasteiger partial charge in [0.15, 0.2) is 11.5 Å². The van der Waals surface area contributed by atoms with Gasteiger partial charge in [0.05, 0.1) is 7.11 Å². The smallest absolute Gasteiger partial charge is 0.387 e. The summed E-state index contributed by atoms with van der Waals surface area (Å²) in [5.41, 5.74) is 0.400. The van der Waals surface area contributed by atoms with E-state index in [9.17, 15) is 18.4 Å². The molecule has 4 bridgehead atoms. The number of carbonyl (C=O) groups excluding carboxylic acids is 2. The SMILES string of the molecule is COc1ccc(CNC(=O)CCNC(=O)C23CC4CC(CC(C4)C2)C3)cc1OC(F)F. The van der Waals surface area contributed by atoms with E-state index in [1.54, 1.807) is 6.07 Å². The predicted octanol–water partition coefficient (Wildman–Crippen LogP) is 3.64. The van der Waals surface area contributed by atoms with Crippen molar-refractivity contribution in [3.63, 3.8) is 0 Å². The zero-order chi connectivity index (χ0) is 22.0. The first kappa shape index (κ1) is 21.8. The Labute approximate surface area is 181 Å². The number of alkyl halides is 2. The van der Waals surface area contributed by atoms with Crippen LogP contribution in [0.15, 0.2) is 18.2 Å². The van der Waals surface area contributed by atoms with Crippen molar-refractivity contribution in [2.75, 3.05) is 13.7 Å². The van der Waals surface area contributed by atoms with Crippen LogP contribution in [-0.2, 0) is 16.1 Å². The van der Waals surface area contributed by atoms with E-state index in [-0.39, 0.29) is 41.7 Å². The highest BCUT2D eigenvalue weighted by atomic mass is 19.3. The number of amides is 2. The van der Waals surface area contributed by atoms with Crippen LogP contribution in [0.25, 0.3) is 0 Å². The molecule has 0 heterocycles. The van der Waals surface area contributed by atoms with Crippen molar-refractivity contribution in [2.24, 2.45) is 23.2 Å². The minimum Gasteiger partial charge on any atom is -0.493 e. The Morgan fingerprint density at radius 3 is 2.29 bits per heavy atom. The molecule has 6 nitrogen and oxygen atoms in total. The molecule has 0 unspecified atom stereocenters. The summed E-state index contributed by atoms with van der Waals surface area (Å²) in [4.78, 5) is 25.1. The van der Waals surface area contributed by atoms with Crippen molar-refractivity contribution in [1.29, 1.82) is 0 Å². The first-order valence-electron chi connectivity index (χ1n) is 11.0. The van der Waals surface area contributed by atoms with Gasteiger partial charge in [0.2, 0.25) is 11.8 Å². The van der Waals surface area contributed by atoms with Gasteiger partial charge in [-0.1, -0.05) is 6.07 Å². The average Bonchev–Trinajstić information content (AvgIpc) is 2.71. The van der Waals surface area contributed by atoms with E-state index in [2.05, 4.69) is 15.4 Å². The Balaban J connectivity index is 1.23. The lowest BCUT2D eigenvalue weighted by atomic mass is 9.49. The second-order valence-corrected chi connectivity index (χ2v) is 9.34. The Hall–Kier alpha value is -2.38. The Kier molecular flexibility index (Phi) is 6.34. The van der Waals surface area contributed by atoms with E-state index in [0.29, 0.717) is 29.9 Å². The second kappa shape index (κ2) is 9.01. The van der Waals surface area contributed by atoms with Gasteiger partial charge in [0, 0.05) is 24.9 Å². The summed E-state index contributed by atoms with van der Waals surface area (Å²) < 4.78 is 34.5. The molecule has 1 aromatic rings. The van der Waals surface area contributed by atoms with Crippen LogP contribution in [0.4, 0.5) is 8.78 Å². The van der Waals surface area contributed by atoms with Crippen molar-refractivity contribution >= 4 is 11.8 Å². The first-order valence-corrected chi connectivity index (χ1v) is 11.0. The lowest BCUT2D eigenvalue weighted by Crippen LogP contribution is -2.53. The molecule has 0 aliphatic heterocycles. The predicted molar refractivity (Wildman–Crippen MR) is 110 cm³/mol. The van der Waals surface area contributed by atoms with Crippen molar-refractivity contribution in [2.45, 2.75) is 58.1 Å². The highest BCUT2D eigenvalue weighted by Crippen LogP contribution is 2.60. The van der Waals surface area contributed by atoms with Gasteiger partial charge >= 0.3 is 6.61 Å². The van der Waals surface area contributed by atoms with E-state index in [0.717, 1.165) is 19.3 Å². The number of halogens is 2. The highest BCUT2D eigenvalue weighted by Gasteiger charge is 2.54. The lowest BCUT2D eigenvalue weighted by molar-refractivity contribution is -0.146. The first-order chi connectivity index (χ1) is 14.9. The van der Waals surface area contributed by atoms with E-state index in [1.807, 2.05) is 0 Å². The van der Waals surface area contributed by atoms with E-state index >= 15 is 0 Å². The third kappa shape index (κ3) is 4.93. The number of benzene rings is 1. The molecule has 8 heteroatoms. The van der Waals surface area contributed by atoms with Crippen LogP contribution in [0, 0.1) is 23.2 Å². The molecule has 5 rings (SSSR count). The minimum atomic E-state index is -2.96. The number of hydrogen-bond acceptors (Lipinski definition) is 4. The van der Waals surface area contributed by atoms with Crippen molar-refractivity contribution in [3.8, 4) is 11.5 Å². The van der Waals surface area contributed by atoms with Crippen LogP contribution < -0.4 is 20.1 Å². The van der Waals surface area contributed by atoms with Gasteiger partial charge < -0.3 is 20.1 Å². The molecule has 0 spiro atoms. The fraction of sp³-hybridized carbons (Fsp3) is 0.652. The summed E-state index contributed by atoms with van der Waals surface area (Å²) in [6.07, 6.45) is 7.01. The Bertz CT molecular complexity index is 795. The molecule has 2 N–H and O–H groups in total. The monoisotopic (exact) mass is 436 g/mol. The van der Waals surface area contributed by atoms with E-state index in [1.165, 1.54) is 38.5 Å². The summed E-state index contributed by atoms with van der Waals surface area (Å²) in [7, 11) is 1.37. The standard InChI is InChI=1S/C23H30F2N2O4/c1-30-18-3-2-14(9-19(18)31-22(24)25)13-27-20(28)4-5-26-21(29)23-10-15-6-16(11-23)8-17(7-15)12-23/h2-3,9,15-17,22H,4-8,10-13H2,1H3,(H,26,29)(H,27,28). The molecule has 170 valence electrons. The van der Waals surface area contributed by atoms with Crippen molar-refractivity contribution in [1.82, 2.24) is 10.6 Å². The van der Waals surface area contributed by atoms with Crippen LogP contribution >= 0.6 is 0 Å². The number of hydrogen-bond donors (Lipinski definition) is 2. The van der Waals surface area contributed by atoms with Crippen LogP contribution in [0.3, 0.4) is 0 Å². The van der Waals surface area contributed by atoms with Gasteiger partial charge in [0.1, 0.15) is 0 Å². The number of nitrogens with one attached hydrogen (secondary N) is 2. The summed E-state index contributed by atoms with van der Waals surface area (Å²) in [6.45, 7) is -2.49. The maximum Gasteiger partial charge on any atom is 0.387 e.